The second-order valence-corrected chi connectivity index (χ2v) is 6.70. The highest BCUT2D eigenvalue weighted by molar-refractivity contribution is 7.98. The highest BCUT2D eigenvalue weighted by Gasteiger charge is 2.12. The summed E-state index contributed by atoms with van der Waals surface area (Å²) in [7, 11) is 0. The van der Waals surface area contributed by atoms with Crippen molar-refractivity contribution in [3.8, 4) is 11.5 Å². The van der Waals surface area contributed by atoms with E-state index >= 15 is 0 Å². The molecule has 120 valence electrons. The van der Waals surface area contributed by atoms with Gasteiger partial charge in [-0.15, -0.1) is 10.2 Å². The van der Waals surface area contributed by atoms with E-state index in [4.69, 9.17) is 16.0 Å². The van der Waals surface area contributed by atoms with Crippen molar-refractivity contribution in [1.29, 1.82) is 0 Å². The first-order valence-electron chi connectivity index (χ1n) is 7.35. The molecule has 0 aliphatic rings. The van der Waals surface area contributed by atoms with Gasteiger partial charge in [0.2, 0.25) is 11.8 Å². The number of aryl methyl sites for hydroxylation is 1. The number of aromatic amines is 1. The Morgan fingerprint density at radius 1 is 1.17 bits per heavy atom. The molecule has 0 radical (unpaired) electrons. The van der Waals surface area contributed by atoms with Gasteiger partial charge < -0.3 is 9.40 Å². The van der Waals surface area contributed by atoms with E-state index < -0.39 is 0 Å². The van der Waals surface area contributed by atoms with Gasteiger partial charge in [-0.25, -0.2) is 4.98 Å². The number of hydrogen-bond donors (Lipinski definition) is 1. The van der Waals surface area contributed by atoms with Crippen LogP contribution in [0.4, 0.5) is 0 Å². The van der Waals surface area contributed by atoms with Crippen LogP contribution in [0.5, 0.6) is 0 Å². The molecule has 2 heterocycles. The number of hydrogen-bond acceptors (Lipinski definition) is 5. The van der Waals surface area contributed by atoms with Crippen molar-refractivity contribution >= 4 is 34.4 Å². The maximum Gasteiger partial charge on any atom is 0.249 e. The van der Waals surface area contributed by atoms with Gasteiger partial charge in [-0.3, -0.25) is 0 Å². The molecule has 0 amide bonds. The van der Waals surface area contributed by atoms with Gasteiger partial charge in [0.25, 0.3) is 0 Å². The molecular weight excluding hydrogens is 344 g/mol. The molecule has 5 nitrogen and oxygen atoms in total. The lowest BCUT2D eigenvalue weighted by molar-refractivity contribution is 0.528. The van der Waals surface area contributed by atoms with Gasteiger partial charge in [-0.05, 0) is 36.8 Å². The lowest BCUT2D eigenvalue weighted by Crippen LogP contribution is -1.81. The van der Waals surface area contributed by atoms with Crippen LogP contribution in [0.25, 0.3) is 22.5 Å². The minimum atomic E-state index is 0.427. The van der Waals surface area contributed by atoms with Crippen molar-refractivity contribution in [3.63, 3.8) is 0 Å². The van der Waals surface area contributed by atoms with E-state index in [-0.39, 0.29) is 0 Å². The Balaban J connectivity index is 1.50. The van der Waals surface area contributed by atoms with Crippen LogP contribution in [0.3, 0.4) is 0 Å². The average molecular weight is 357 g/mol. The summed E-state index contributed by atoms with van der Waals surface area (Å²) in [6.45, 7) is 2.06. The molecule has 1 N–H and O–H groups in total. The summed E-state index contributed by atoms with van der Waals surface area (Å²) < 4.78 is 5.70. The molecule has 2 aromatic carbocycles. The zero-order chi connectivity index (χ0) is 16.5. The number of fused-ring (bicyclic) bond motifs is 1. The van der Waals surface area contributed by atoms with E-state index in [2.05, 4.69) is 33.2 Å². The van der Waals surface area contributed by atoms with Crippen LogP contribution in [0, 0.1) is 6.92 Å². The molecule has 7 heteroatoms. The van der Waals surface area contributed by atoms with Crippen molar-refractivity contribution < 1.29 is 4.42 Å². The molecule has 4 rings (SSSR count). The summed E-state index contributed by atoms with van der Waals surface area (Å²) in [4.78, 5) is 7.84. The molecule has 0 fully saturated rings. The average Bonchev–Trinajstić information content (AvgIpc) is 3.19. The monoisotopic (exact) mass is 356 g/mol. The van der Waals surface area contributed by atoms with E-state index in [1.54, 1.807) is 6.07 Å². The third-order valence-corrected chi connectivity index (χ3v) is 4.71. The molecular formula is C17H13ClN4OS. The Labute approximate surface area is 147 Å². The van der Waals surface area contributed by atoms with Gasteiger partial charge in [-0.1, -0.05) is 41.6 Å². The quantitative estimate of drug-likeness (QED) is 0.528. The van der Waals surface area contributed by atoms with E-state index in [9.17, 15) is 0 Å². The van der Waals surface area contributed by atoms with Crippen LogP contribution < -0.4 is 0 Å². The molecule has 4 aromatic rings. The van der Waals surface area contributed by atoms with Crippen LogP contribution >= 0.6 is 23.4 Å². The predicted molar refractivity (Wildman–Crippen MR) is 95.1 cm³/mol. The fourth-order valence-corrected chi connectivity index (χ4v) is 3.29. The molecule has 2 aromatic heterocycles. The zero-order valence-electron chi connectivity index (χ0n) is 12.8. The molecule has 0 aliphatic carbocycles. The Morgan fingerprint density at radius 2 is 2.04 bits per heavy atom. The van der Waals surface area contributed by atoms with Crippen LogP contribution in [-0.2, 0) is 5.75 Å². The number of nitrogens with zero attached hydrogens (tertiary/aromatic N) is 3. The lowest BCUT2D eigenvalue weighted by atomic mass is 10.2. The van der Waals surface area contributed by atoms with Gasteiger partial charge >= 0.3 is 0 Å². The number of nitrogens with one attached hydrogen (secondary N) is 1. The van der Waals surface area contributed by atoms with Gasteiger partial charge in [0.05, 0.1) is 27.4 Å². The largest absolute Gasteiger partial charge is 0.420 e. The van der Waals surface area contributed by atoms with Gasteiger partial charge in [0.1, 0.15) is 0 Å². The van der Waals surface area contributed by atoms with Gasteiger partial charge in [-0.2, -0.15) is 0 Å². The first-order chi connectivity index (χ1) is 11.7. The second kappa shape index (κ2) is 6.30. The number of imidazole rings is 1. The summed E-state index contributed by atoms with van der Waals surface area (Å²) in [6.07, 6.45) is 0. The summed E-state index contributed by atoms with van der Waals surface area (Å²) in [5.74, 6) is 1.50. The summed E-state index contributed by atoms with van der Waals surface area (Å²) in [6, 6.07) is 13.5. The van der Waals surface area contributed by atoms with E-state index in [1.165, 1.54) is 17.3 Å². The fraction of sp³-hybridized carbons (Fsp3) is 0.118. The third-order valence-electron chi connectivity index (χ3n) is 3.52. The normalized spacial score (nSPS) is 11.2. The van der Waals surface area contributed by atoms with Crippen LogP contribution in [0.15, 0.2) is 52.0 Å². The topological polar surface area (TPSA) is 67.6 Å². The predicted octanol–water partition coefficient (Wildman–Crippen LogP) is 4.87. The van der Waals surface area contributed by atoms with Crippen LogP contribution in [-0.4, -0.2) is 20.2 Å². The molecule has 24 heavy (non-hydrogen) atoms. The third kappa shape index (κ3) is 3.02. The zero-order valence-corrected chi connectivity index (χ0v) is 14.4. The Bertz CT molecular complexity index is 1010. The van der Waals surface area contributed by atoms with Crippen molar-refractivity contribution in [3.05, 3.63) is 58.9 Å². The number of benzene rings is 2. The maximum atomic E-state index is 6.15. The second-order valence-electron chi connectivity index (χ2n) is 5.33. The summed E-state index contributed by atoms with van der Waals surface area (Å²) in [5, 5.41) is 9.57. The molecule has 0 saturated heterocycles. The fourth-order valence-electron chi connectivity index (χ4n) is 2.35. The van der Waals surface area contributed by atoms with Crippen LogP contribution in [0.1, 0.15) is 11.5 Å². The van der Waals surface area contributed by atoms with Gasteiger partial charge in [0, 0.05) is 0 Å². The number of rotatable bonds is 4. The van der Waals surface area contributed by atoms with E-state index in [0.29, 0.717) is 22.6 Å². The van der Waals surface area contributed by atoms with Crippen molar-refractivity contribution in [1.82, 2.24) is 20.2 Å². The summed E-state index contributed by atoms with van der Waals surface area (Å²) >= 11 is 7.67. The molecule has 0 bridgehead atoms. The van der Waals surface area contributed by atoms with Crippen molar-refractivity contribution in [2.75, 3.05) is 0 Å². The first-order valence-corrected chi connectivity index (χ1v) is 8.72. The minimum Gasteiger partial charge on any atom is -0.420 e. The molecule has 0 atom stereocenters. The van der Waals surface area contributed by atoms with Crippen molar-refractivity contribution in [2.45, 2.75) is 17.8 Å². The Kier molecular flexibility index (Phi) is 4.00. The van der Waals surface area contributed by atoms with Gasteiger partial charge in [0.15, 0.2) is 5.16 Å². The molecule has 0 saturated carbocycles. The number of halogens is 1. The Morgan fingerprint density at radius 3 is 2.92 bits per heavy atom. The smallest absolute Gasteiger partial charge is 0.249 e. The minimum absolute atomic E-state index is 0.427. The first kappa shape index (κ1) is 15.2. The molecule has 0 aliphatic heterocycles. The number of H-pyrrole nitrogens is 1. The van der Waals surface area contributed by atoms with E-state index in [1.807, 2.05) is 30.3 Å². The molecule has 0 unspecified atom stereocenters. The highest BCUT2D eigenvalue weighted by atomic mass is 35.5. The SMILES string of the molecule is Cc1ccc2nc(SCc3nnc(-c4ccccc4Cl)o3)[nH]c2c1. The number of thioether (sulfide) groups is 1. The maximum absolute atomic E-state index is 6.15. The van der Waals surface area contributed by atoms with Crippen molar-refractivity contribution in [2.24, 2.45) is 0 Å². The number of aromatic nitrogens is 4. The molecule has 0 spiro atoms. The Hall–Kier alpha value is -2.31. The standard InChI is InChI=1S/C17H13ClN4OS/c1-10-6-7-13-14(8-10)20-17(19-13)24-9-15-21-22-16(23-15)11-4-2-3-5-12(11)18/h2-8H,9H2,1H3,(H,19,20). The summed E-state index contributed by atoms with van der Waals surface area (Å²) in [5.41, 5.74) is 3.91. The van der Waals surface area contributed by atoms with E-state index in [0.717, 1.165) is 21.8 Å². The van der Waals surface area contributed by atoms with Crippen LogP contribution in [0.2, 0.25) is 5.02 Å². The lowest BCUT2D eigenvalue weighted by Gasteiger charge is -1.96. The highest BCUT2D eigenvalue weighted by Crippen LogP contribution is 2.28.